The zero-order valence-corrected chi connectivity index (χ0v) is 13.6. The fourth-order valence-electron chi connectivity index (χ4n) is 2.25. The summed E-state index contributed by atoms with van der Waals surface area (Å²) in [5, 5.41) is 8.20. The van der Waals surface area contributed by atoms with Gasteiger partial charge in [0.2, 0.25) is 0 Å². The van der Waals surface area contributed by atoms with Crippen LogP contribution in [0.15, 0.2) is 71.3 Å². The van der Waals surface area contributed by atoms with Crippen molar-refractivity contribution in [2.24, 2.45) is 0 Å². The summed E-state index contributed by atoms with van der Waals surface area (Å²) in [6, 6.07) is 17.4. The van der Waals surface area contributed by atoms with Gasteiger partial charge >= 0.3 is 6.03 Å². The Morgan fingerprint density at radius 2 is 1.32 bits per heavy atom. The number of para-hydroxylation sites is 1. The lowest BCUT2D eigenvalue weighted by molar-refractivity contribution is 0.0996. The van der Waals surface area contributed by atoms with Crippen LogP contribution in [-0.2, 0) is 0 Å². The molecule has 0 saturated heterocycles. The molecule has 6 heteroatoms. The van der Waals surface area contributed by atoms with Crippen LogP contribution < -0.4 is 16.0 Å². The quantitative estimate of drug-likeness (QED) is 0.657. The predicted octanol–water partition coefficient (Wildman–Crippen LogP) is 4.48. The molecule has 0 aliphatic heterocycles. The van der Waals surface area contributed by atoms with E-state index in [1.807, 2.05) is 18.2 Å². The molecule has 3 amide bonds. The number of urea groups is 1. The minimum Gasteiger partial charge on any atom is -0.459 e. The Morgan fingerprint density at radius 1 is 0.760 bits per heavy atom. The molecule has 3 aromatic rings. The molecule has 0 aliphatic rings. The number of benzene rings is 2. The number of furan rings is 1. The number of anilines is 3. The van der Waals surface area contributed by atoms with Crippen molar-refractivity contribution in [3.63, 3.8) is 0 Å². The summed E-state index contributed by atoms with van der Waals surface area (Å²) in [7, 11) is 0. The third kappa shape index (κ3) is 4.26. The van der Waals surface area contributed by atoms with Gasteiger partial charge in [-0.25, -0.2) is 4.79 Å². The first-order chi connectivity index (χ1) is 12.1. The van der Waals surface area contributed by atoms with Gasteiger partial charge in [-0.15, -0.1) is 0 Å². The van der Waals surface area contributed by atoms with E-state index in [1.165, 1.54) is 6.26 Å². The number of hydrogen-bond acceptors (Lipinski definition) is 3. The Hall–Kier alpha value is -3.54. The van der Waals surface area contributed by atoms with E-state index in [-0.39, 0.29) is 17.7 Å². The lowest BCUT2D eigenvalue weighted by atomic mass is 10.2. The number of amides is 3. The molecule has 3 N–H and O–H groups in total. The van der Waals surface area contributed by atoms with Crippen LogP contribution in [0.3, 0.4) is 0 Å². The molecule has 0 bridgehead atoms. The van der Waals surface area contributed by atoms with Gasteiger partial charge in [-0.05, 0) is 49.4 Å². The number of rotatable bonds is 4. The topological polar surface area (TPSA) is 83.4 Å². The highest BCUT2D eigenvalue weighted by Gasteiger charge is 2.12. The zero-order valence-electron chi connectivity index (χ0n) is 13.6. The molecule has 0 aliphatic carbocycles. The van der Waals surface area contributed by atoms with Crippen LogP contribution in [-0.4, -0.2) is 11.9 Å². The van der Waals surface area contributed by atoms with Crippen LogP contribution in [0.4, 0.5) is 21.9 Å². The summed E-state index contributed by atoms with van der Waals surface area (Å²) < 4.78 is 5.15. The molecule has 1 aromatic heterocycles. The second kappa shape index (κ2) is 7.35. The lowest BCUT2D eigenvalue weighted by Gasteiger charge is -2.09. The van der Waals surface area contributed by atoms with Crippen molar-refractivity contribution in [3.8, 4) is 0 Å². The van der Waals surface area contributed by atoms with Crippen LogP contribution in [0.5, 0.6) is 0 Å². The molecule has 0 radical (unpaired) electrons. The van der Waals surface area contributed by atoms with Crippen molar-refractivity contribution in [1.82, 2.24) is 0 Å². The Bertz CT molecular complexity index is 870. The summed E-state index contributed by atoms with van der Waals surface area (Å²) in [6.45, 7) is 1.80. The second-order valence-electron chi connectivity index (χ2n) is 5.41. The fourth-order valence-corrected chi connectivity index (χ4v) is 2.25. The van der Waals surface area contributed by atoms with Crippen LogP contribution in [0, 0.1) is 6.92 Å². The van der Waals surface area contributed by atoms with Crippen molar-refractivity contribution < 1.29 is 14.0 Å². The minimum atomic E-state index is -0.339. The molecule has 25 heavy (non-hydrogen) atoms. The van der Waals surface area contributed by atoms with Crippen molar-refractivity contribution in [1.29, 1.82) is 0 Å². The van der Waals surface area contributed by atoms with E-state index in [4.69, 9.17) is 4.42 Å². The third-order valence-electron chi connectivity index (χ3n) is 3.50. The summed E-state index contributed by atoms with van der Waals surface area (Å²) in [6.07, 6.45) is 1.47. The van der Waals surface area contributed by atoms with Crippen molar-refractivity contribution in [2.75, 3.05) is 16.0 Å². The Morgan fingerprint density at radius 3 is 1.88 bits per heavy atom. The van der Waals surface area contributed by atoms with Crippen molar-refractivity contribution >= 4 is 29.0 Å². The molecule has 0 atom stereocenters. The van der Waals surface area contributed by atoms with Crippen LogP contribution >= 0.6 is 0 Å². The molecular weight excluding hydrogens is 318 g/mol. The van der Waals surface area contributed by atoms with Gasteiger partial charge in [0.15, 0.2) is 5.76 Å². The van der Waals surface area contributed by atoms with Crippen LogP contribution in [0.1, 0.15) is 16.1 Å². The average Bonchev–Trinajstić information content (AvgIpc) is 3.03. The number of nitrogens with one attached hydrogen (secondary N) is 3. The summed E-state index contributed by atoms with van der Waals surface area (Å²) in [5.41, 5.74) is 2.70. The predicted molar refractivity (Wildman–Crippen MR) is 96.9 cm³/mol. The van der Waals surface area contributed by atoms with Gasteiger partial charge in [-0.3, -0.25) is 4.79 Å². The summed E-state index contributed by atoms with van der Waals surface area (Å²) in [4.78, 5) is 24.0. The van der Waals surface area contributed by atoms with Crippen LogP contribution in [0.25, 0.3) is 0 Å². The highest BCUT2D eigenvalue weighted by Crippen LogP contribution is 2.17. The third-order valence-corrected chi connectivity index (χ3v) is 3.50. The monoisotopic (exact) mass is 335 g/mol. The van der Waals surface area contributed by atoms with Gasteiger partial charge in [0.1, 0.15) is 0 Å². The molecule has 0 unspecified atom stereocenters. The van der Waals surface area contributed by atoms with Gasteiger partial charge in [0.25, 0.3) is 5.91 Å². The molecule has 6 nitrogen and oxygen atoms in total. The largest absolute Gasteiger partial charge is 0.459 e. The number of aryl methyl sites for hydroxylation is 1. The van der Waals surface area contributed by atoms with Crippen molar-refractivity contribution in [3.05, 3.63) is 78.3 Å². The van der Waals surface area contributed by atoms with Crippen LogP contribution in [0.2, 0.25) is 0 Å². The molecule has 2 aromatic carbocycles. The van der Waals surface area contributed by atoms with Gasteiger partial charge < -0.3 is 20.4 Å². The van der Waals surface area contributed by atoms with Gasteiger partial charge in [0, 0.05) is 22.6 Å². The Kier molecular flexibility index (Phi) is 4.80. The maximum atomic E-state index is 12.1. The number of carbonyl (C=O) groups excluding carboxylic acids is 2. The maximum Gasteiger partial charge on any atom is 0.323 e. The van der Waals surface area contributed by atoms with E-state index < -0.39 is 0 Å². The number of carbonyl (C=O) groups is 2. The van der Waals surface area contributed by atoms with Gasteiger partial charge in [0.05, 0.1) is 6.26 Å². The van der Waals surface area contributed by atoms with E-state index in [2.05, 4.69) is 16.0 Å². The normalized spacial score (nSPS) is 10.1. The Balaban J connectivity index is 1.58. The van der Waals surface area contributed by atoms with E-state index >= 15 is 0 Å². The Labute approximate surface area is 144 Å². The second-order valence-corrected chi connectivity index (χ2v) is 5.41. The van der Waals surface area contributed by atoms with E-state index in [1.54, 1.807) is 49.4 Å². The number of hydrogen-bond donors (Lipinski definition) is 3. The van der Waals surface area contributed by atoms with E-state index in [0.29, 0.717) is 17.1 Å². The highest BCUT2D eigenvalue weighted by atomic mass is 16.3. The average molecular weight is 335 g/mol. The lowest BCUT2D eigenvalue weighted by Crippen LogP contribution is -2.19. The molecule has 0 spiro atoms. The van der Waals surface area contributed by atoms with Gasteiger partial charge in [-0.2, -0.15) is 0 Å². The fraction of sp³-hybridized carbons (Fsp3) is 0.0526. The van der Waals surface area contributed by atoms with Crippen molar-refractivity contribution in [2.45, 2.75) is 6.92 Å². The smallest absolute Gasteiger partial charge is 0.323 e. The maximum absolute atomic E-state index is 12.1. The molecule has 126 valence electrons. The van der Waals surface area contributed by atoms with E-state index in [9.17, 15) is 9.59 Å². The summed E-state index contributed by atoms with van der Waals surface area (Å²) in [5.74, 6) is -0.0329. The standard InChI is InChI=1S/C19H17N3O3/c1-13-11-12-25-17(13)18(23)20-15-7-9-16(10-8-15)22-19(24)21-14-5-3-2-4-6-14/h2-12H,1H3,(H,20,23)(H2,21,22,24). The first-order valence-electron chi connectivity index (χ1n) is 7.70. The molecule has 1 heterocycles. The van der Waals surface area contributed by atoms with Gasteiger partial charge in [-0.1, -0.05) is 18.2 Å². The van der Waals surface area contributed by atoms with E-state index in [0.717, 1.165) is 5.56 Å². The molecule has 0 saturated carbocycles. The molecular formula is C19H17N3O3. The summed E-state index contributed by atoms with van der Waals surface area (Å²) >= 11 is 0. The highest BCUT2D eigenvalue weighted by molar-refractivity contribution is 6.03. The molecule has 3 rings (SSSR count). The molecule has 0 fully saturated rings. The first-order valence-corrected chi connectivity index (χ1v) is 7.70. The first kappa shape index (κ1) is 16.3. The SMILES string of the molecule is Cc1ccoc1C(=O)Nc1ccc(NC(=O)Nc2ccccc2)cc1. The zero-order chi connectivity index (χ0) is 17.6. The minimum absolute atomic E-state index is 0.282.